The molecule has 6 heteroatoms. The summed E-state index contributed by atoms with van der Waals surface area (Å²) >= 11 is 0. The van der Waals surface area contributed by atoms with Gasteiger partial charge in [0, 0.05) is 13.0 Å². The molecule has 0 aliphatic rings. The van der Waals surface area contributed by atoms with Crippen molar-refractivity contribution in [1.82, 2.24) is 20.5 Å². The van der Waals surface area contributed by atoms with Gasteiger partial charge >= 0.3 is 0 Å². The smallest absolute Gasteiger partial charge is 0.291 e. The second-order valence-electron chi connectivity index (χ2n) is 5.98. The molecule has 108 valence electrons. The summed E-state index contributed by atoms with van der Waals surface area (Å²) in [6, 6.07) is 0. The minimum Gasteiger partial charge on any atom is -0.391 e. The molecule has 0 aliphatic heterocycles. The molecular weight excluding hydrogens is 244 g/mol. The Bertz CT molecular complexity index is 409. The van der Waals surface area contributed by atoms with Gasteiger partial charge in [-0.1, -0.05) is 27.7 Å². The van der Waals surface area contributed by atoms with Crippen molar-refractivity contribution in [2.24, 2.45) is 5.41 Å². The molecule has 1 atom stereocenters. The number of hydrogen-bond acceptors (Lipinski definition) is 4. The summed E-state index contributed by atoms with van der Waals surface area (Å²) in [7, 11) is 0. The van der Waals surface area contributed by atoms with Crippen molar-refractivity contribution < 1.29 is 9.90 Å². The van der Waals surface area contributed by atoms with E-state index in [2.05, 4.69) is 20.5 Å². The maximum absolute atomic E-state index is 11.8. The molecule has 0 saturated heterocycles. The van der Waals surface area contributed by atoms with Crippen LogP contribution in [0.4, 0.5) is 0 Å². The number of nitrogens with zero attached hydrogens (tertiary/aromatic N) is 2. The van der Waals surface area contributed by atoms with Crippen LogP contribution in [0.2, 0.25) is 0 Å². The molecule has 0 aromatic carbocycles. The summed E-state index contributed by atoms with van der Waals surface area (Å²) in [6.45, 7) is 8.39. The standard InChI is InChI=1S/C13H24N4O2/c1-5-6-10-15-11(17-16-10)12(19)14-8-9(18)7-13(2,3)4/h9,18H,5-8H2,1-4H3,(H,14,19)(H,15,16,17). The lowest BCUT2D eigenvalue weighted by Crippen LogP contribution is -2.34. The lowest BCUT2D eigenvalue weighted by molar-refractivity contribution is 0.0860. The number of aliphatic hydroxyl groups is 1. The topological polar surface area (TPSA) is 90.9 Å². The van der Waals surface area contributed by atoms with Crippen LogP contribution in [0.5, 0.6) is 0 Å². The number of aromatic nitrogens is 3. The van der Waals surface area contributed by atoms with Crippen LogP contribution in [0.3, 0.4) is 0 Å². The van der Waals surface area contributed by atoms with Gasteiger partial charge in [-0.05, 0) is 18.3 Å². The fourth-order valence-electron chi connectivity index (χ4n) is 1.81. The number of aliphatic hydroxyl groups excluding tert-OH is 1. The molecule has 19 heavy (non-hydrogen) atoms. The molecule has 1 rings (SSSR count). The number of H-pyrrole nitrogens is 1. The van der Waals surface area contributed by atoms with Crippen molar-refractivity contribution in [1.29, 1.82) is 0 Å². The Balaban J connectivity index is 2.42. The Morgan fingerprint density at radius 3 is 2.74 bits per heavy atom. The third-order valence-electron chi connectivity index (χ3n) is 2.57. The average Bonchev–Trinajstić information content (AvgIpc) is 2.73. The number of nitrogens with one attached hydrogen (secondary N) is 2. The van der Waals surface area contributed by atoms with Crippen LogP contribution in [0.25, 0.3) is 0 Å². The highest BCUT2D eigenvalue weighted by Gasteiger charge is 2.18. The Morgan fingerprint density at radius 2 is 2.16 bits per heavy atom. The van der Waals surface area contributed by atoms with Crippen molar-refractivity contribution in [3.63, 3.8) is 0 Å². The highest BCUT2D eigenvalue weighted by atomic mass is 16.3. The van der Waals surface area contributed by atoms with Gasteiger partial charge in [-0.15, -0.1) is 5.10 Å². The van der Waals surface area contributed by atoms with Crippen molar-refractivity contribution in [3.8, 4) is 0 Å². The molecule has 1 unspecified atom stereocenters. The number of aryl methyl sites for hydroxylation is 1. The van der Waals surface area contributed by atoms with Gasteiger partial charge in [0.15, 0.2) is 0 Å². The summed E-state index contributed by atoms with van der Waals surface area (Å²) in [5.74, 6) is 0.487. The van der Waals surface area contributed by atoms with Crippen LogP contribution < -0.4 is 5.32 Å². The predicted molar refractivity (Wildman–Crippen MR) is 72.8 cm³/mol. The number of carbonyl (C=O) groups excluding carboxylic acids is 1. The van der Waals surface area contributed by atoms with Crippen molar-refractivity contribution in [2.75, 3.05) is 6.54 Å². The van der Waals surface area contributed by atoms with E-state index in [0.717, 1.165) is 12.8 Å². The highest BCUT2D eigenvalue weighted by molar-refractivity contribution is 5.90. The van der Waals surface area contributed by atoms with Gasteiger partial charge in [0.2, 0.25) is 5.82 Å². The first-order chi connectivity index (χ1) is 8.81. The SMILES string of the molecule is CCCc1nc(C(=O)NCC(O)CC(C)(C)C)n[nH]1. The Kier molecular flexibility index (Phi) is 5.47. The van der Waals surface area contributed by atoms with E-state index in [1.165, 1.54) is 0 Å². The first-order valence-corrected chi connectivity index (χ1v) is 6.69. The molecule has 0 radical (unpaired) electrons. The first-order valence-electron chi connectivity index (χ1n) is 6.69. The van der Waals surface area contributed by atoms with Crippen molar-refractivity contribution in [2.45, 2.75) is 53.1 Å². The number of amides is 1. The Hall–Kier alpha value is -1.43. The summed E-state index contributed by atoms with van der Waals surface area (Å²) in [5, 5.41) is 19.0. The number of carbonyl (C=O) groups is 1. The van der Waals surface area contributed by atoms with Gasteiger partial charge in [0.05, 0.1) is 6.10 Å². The normalized spacial score (nSPS) is 13.3. The van der Waals surface area contributed by atoms with Gasteiger partial charge in [-0.3, -0.25) is 9.89 Å². The molecule has 1 amide bonds. The van der Waals surface area contributed by atoms with E-state index in [0.29, 0.717) is 12.2 Å². The monoisotopic (exact) mass is 268 g/mol. The number of hydrogen-bond donors (Lipinski definition) is 3. The molecule has 0 fully saturated rings. The second-order valence-corrected chi connectivity index (χ2v) is 5.98. The van der Waals surface area contributed by atoms with E-state index in [-0.39, 0.29) is 23.7 Å². The zero-order chi connectivity index (χ0) is 14.5. The quantitative estimate of drug-likeness (QED) is 0.725. The van der Waals surface area contributed by atoms with E-state index in [4.69, 9.17) is 0 Å². The molecule has 6 nitrogen and oxygen atoms in total. The largest absolute Gasteiger partial charge is 0.391 e. The molecule has 0 saturated carbocycles. The van der Waals surface area contributed by atoms with Gasteiger partial charge in [0.25, 0.3) is 5.91 Å². The lowest BCUT2D eigenvalue weighted by atomic mass is 9.89. The van der Waals surface area contributed by atoms with Gasteiger partial charge in [0.1, 0.15) is 5.82 Å². The Morgan fingerprint density at radius 1 is 1.47 bits per heavy atom. The van der Waals surface area contributed by atoms with E-state index in [1.54, 1.807) is 0 Å². The molecule has 1 heterocycles. The van der Waals surface area contributed by atoms with Crippen molar-refractivity contribution >= 4 is 5.91 Å². The zero-order valence-corrected chi connectivity index (χ0v) is 12.2. The van der Waals surface area contributed by atoms with E-state index >= 15 is 0 Å². The minimum atomic E-state index is -0.557. The molecule has 0 bridgehead atoms. The van der Waals surface area contributed by atoms with Gasteiger partial charge in [-0.2, -0.15) is 0 Å². The summed E-state index contributed by atoms with van der Waals surface area (Å²) in [4.78, 5) is 15.9. The highest BCUT2D eigenvalue weighted by Crippen LogP contribution is 2.20. The molecule has 0 aliphatic carbocycles. The van der Waals surface area contributed by atoms with Crippen LogP contribution in [-0.4, -0.2) is 38.8 Å². The molecule has 0 spiro atoms. The molecule has 1 aromatic heterocycles. The van der Waals surface area contributed by atoms with Gasteiger partial charge in [-0.25, -0.2) is 4.98 Å². The third-order valence-corrected chi connectivity index (χ3v) is 2.57. The third kappa shape index (κ3) is 5.83. The van der Waals surface area contributed by atoms with E-state index in [9.17, 15) is 9.90 Å². The molecular formula is C13H24N4O2. The zero-order valence-electron chi connectivity index (χ0n) is 12.2. The van der Waals surface area contributed by atoms with E-state index in [1.807, 2.05) is 27.7 Å². The first kappa shape index (κ1) is 15.6. The lowest BCUT2D eigenvalue weighted by Gasteiger charge is -2.22. The van der Waals surface area contributed by atoms with E-state index < -0.39 is 6.10 Å². The fourth-order valence-corrected chi connectivity index (χ4v) is 1.81. The summed E-state index contributed by atoms with van der Waals surface area (Å²) in [5.41, 5.74) is 0.0308. The minimum absolute atomic E-state index is 0.0308. The summed E-state index contributed by atoms with van der Waals surface area (Å²) < 4.78 is 0. The number of aromatic amines is 1. The van der Waals surface area contributed by atoms with Crippen LogP contribution in [-0.2, 0) is 6.42 Å². The summed E-state index contributed by atoms with van der Waals surface area (Å²) in [6.07, 6.45) is 1.79. The molecule has 1 aromatic rings. The average molecular weight is 268 g/mol. The fraction of sp³-hybridized carbons (Fsp3) is 0.769. The maximum Gasteiger partial charge on any atom is 0.291 e. The second kappa shape index (κ2) is 6.65. The Labute approximate surface area is 114 Å². The maximum atomic E-state index is 11.8. The number of rotatable bonds is 6. The van der Waals surface area contributed by atoms with Crippen LogP contribution in [0.15, 0.2) is 0 Å². The van der Waals surface area contributed by atoms with Gasteiger partial charge < -0.3 is 10.4 Å². The van der Waals surface area contributed by atoms with Crippen molar-refractivity contribution in [3.05, 3.63) is 11.6 Å². The van der Waals surface area contributed by atoms with Crippen LogP contribution in [0.1, 0.15) is 57.0 Å². The van der Waals surface area contributed by atoms with Crippen LogP contribution >= 0.6 is 0 Å². The van der Waals surface area contributed by atoms with Crippen LogP contribution in [0, 0.1) is 5.41 Å². The predicted octanol–water partition coefficient (Wildman–Crippen LogP) is 1.28. The molecule has 3 N–H and O–H groups in total.